The molecule has 3 aliphatic carbocycles. The number of halogens is 2. The van der Waals surface area contributed by atoms with E-state index in [2.05, 4.69) is 22.8 Å². The number of benzene rings is 1. The molecule has 6 heteroatoms. The Morgan fingerprint density at radius 2 is 2.17 bits per heavy atom. The number of rotatable bonds is 5. The summed E-state index contributed by atoms with van der Waals surface area (Å²) in [7, 11) is 0. The van der Waals surface area contributed by atoms with Crippen molar-refractivity contribution in [2.24, 2.45) is 11.3 Å². The van der Waals surface area contributed by atoms with Gasteiger partial charge in [0.15, 0.2) is 0 Å². The Labute approximate surface area is 180 Å². The zero-order valence-corrected chi connectivity index (χ0v) is 17.5. The van der Waals surface area contributed by atoms with E-state index in [1.165, 1.54) is 30.5 Å². The molecule has 1 amide bonds. The van der Waals surface area contributed by atoms with Crippen LogP contribution in [0, 0.1) is 17.2 Å². The third-order valence-corrected chi connectivity index (χ3v) is 7.49. The van der Waals surface area contributed by atoms with Gasteiger partial charge in [0.2, 0.25) is 5.91 Å². The molecule has 0 aromatic heterocycles. The summed E-state index contributed by atoms with van der Waals surface area (Å²) < 4.78 is 13.5. The summed E-state index contributed by atoms with van der Waals surface area (Å²) in [5.41, 5.74) is 3.77. The molecule has 6 rings (SSSR count). The van der Waals surface area contributed by atoms with Crippen LogP contribution in [0.25, 0.3) is 0 Å². The van der Waals surface area contributed by atoms with Gasteiger partial charge in [0.25, 0.3) is 0 Å². The van der Waals surface area contributed by atoms with Crippen molar-refractivity contribution in [3.05, 3.63) is 69.8 Å². The van der Waals surface area contributed by atoms with Gasteiger partial charge >= 0.3 is 0 Å². The molecule has 2 heterocycles. The van der Waals surface area contributed by atoms with E-state index in [4.69, 9.17) is 11.6 Å². The molecule has 5 aliphatic rings. The molecule has 1 aromatic rings. The monoisotopic (exact) mass is 425 g/mol. The van der Waals surface area contributed by atoms with E-state index in [0.717, 1.165) is 48.7 Å². The molecule has 3 unspecified atom stereocenters. The molecule has 0 bridgehead atoms. The molecule has 3 fully saturated rings. The number of likely N-dealkylation sites (tertiary alicyclic amines) is 1. The van der Waals surface area contributed by atoms with Gasteiger partial charge in [-0.3, -0.25) is 4.79 Å². The molecule has 1 aromatic carbocycles. The Bertz CT molecular complexity index is 1010. The van der Waals surface area contributed by atoms with E-state index in [1.807, 2.05) is 11.0 Å². The number of carbonyl (C=O) groups excluding carboxylic acids is 1. The Balaban J connectivity index is 1.10. The molecule has 0 radical (unpaired) electrons. The normalized spacial score (nSPS) is 32.1. The fourth-order valence-electron chi connectivity index (χ4n) is 5.37. The zero-order chi connectivity index (χ0) is 20.5. The number of carbonyl (C=O) groups is 1. The smallest absolute Gasteiger partial charge is 0.243 e. The second kappa shape index (κ2) is 6.69. The minimum atomic E-state index is -0.488. The molecular weight excluding hydrogens is 401 g/mol. The van der Waals surface area contributed by atoms with Crippen molar-refractivity contribution in [3.8, 4) is 0 Å². The highest BCUT2D eigenvalue weighted by molar-refractivity contribution is 6.30. The average Bonchev–Trinajstić information content (AvgIpc) is 3.60. The second-order valence-corrected chi connectivity index (χ2v) is 9.76. The summed E-state index contributed by atoms with van der Waals surface area (Å²) in [4.78, 5) is 15.2. The number of nitrogens with one attached hydrogen (secondary N) is 2. The van der Waals surface area contributed by atoms with Crippen molar-refractivity contribution in [1.29, 1.82) is 0 Å². The fraction of sp³-hybridized carbons (Fsp3) is 0.458. The van der Waals surface area contributed by atoms with Gasteiger partial charge in [0, 0.05) is 41.6 Å². The minimum absolute atomic E-state index is 0.161. The Kier molecular flexibility index (Phi) is 4.16. The van der Waals surface area contributed by atoms with Crippen LogP contribution >= 0.6 is 11.6 Å². The summed E-state index contributed by atoms with van der Waals surface area (Å²) in [5.74, 6) is 0.672. The molecule has 1 saturated carbocycles. The van der Waals surface area contributed by atoms with Gasteiger partial charge in [-0.05, 0) is 79.5 Å². The molecule has 2 N–H and O–H groups in total. The van der Waals surface area contributed by atoms with Crippen LogP contribution in [0.15, 0.2) is 53.4 Å². The first-order valence-electron chi connectivity index (χ1n) is 10.9. The van der Waals surface area contributed by atoms with Crippen molar-refractivity contribution >= 4 is 17.5 Å². The minimum Gasteiger partial charge on any atom is -0.383 e. The first kappa shape index (κ1) is 18.6. The molecule has 156 valence electrons. The lowest BCUT2D eigenvalue weighted by Gasteiger charge is -2.24. The predicted octanol–water partition coefficient (Wildman–Crippen LogP) is 4.04. The summed E-state index contributed by atoms with van der Waals surface area (Å²) >= 11 is 5.94. The number of allylic oxidation sites excluding steroid dienone is 1. The van der Waals surface area contributed by atoms with Crippen LogP contribution in [-0.4, -0.2) is 29.4 Å². The van der Waals surface area contributed by atoms with E-state index in [1.54, 1.807) is 6.07 Å². The van der Waals surface area contributed by atoms with Crippen LogP contribution in [0.2, 0.25) is 5.02 Å². The lowest BCUT2D eigenvalue weighted by Crippen LogP contribution is -2.33. The van der Waals surface area contributed by atoms with Crippen LogP contribution in [0.5, 0.6) is 0 Å². The maximum absolute atomic E-state index is 13.5. The van der Waals surface area contributed by atoms with Crippen LogP contribution in [0.3, 0.4) is 0 Å². The molecule has 30 heavy (non-hydrogen) atoms. The van der Waals surface area contributed by atoms with E-state index < -0.39 is 5.41 Å². The largest absolute Gasteiger partial charge is 0.383 e. The molecule has 1 spiro atoms. The second-order valence-electron chi connectivity index (χ2n) is 9.32. The lowest BCUT2D eigenvalue weighted by atomic mass is 9.96. The van der Waals surface area contributed by atoms with Crippen LogP contribution in [-0.2, 0) is 11.3 Å². The lowest BCUT2D eigenvalue weighted by molar-refractivity contribution is -0.129. The van der Waals surface area contributed by atoms with Crippen molar-refractivity contribution in [3.63, 3.8) is 0 Å². The van der Waals surface area contributed by atoms with E-state index in [9.17, 15) is 9.18 Å². The predicted molar refractivity (Wildman–Crippen MR) is 114 cm³/mol. The maximum Gasteiger partial charge on any atom is 0.243 e. The SMILES string of the molecule is O=C1N(C2=CCC3NC(C4CC4)CC3=C2)CCC12C=C2NCc1cc(F)cc(Cl)c1. The first-order chi connectivity index (χ1) is 14.5. The quantitative estimate of drug-likeness (QED) is 0.748. The van der Waals surface area contributed by atoms with Crippen molar-refractivity contribution < 1.29 is 9.18 Å². The van der Waals surface area contributed by atoms with Gasteiger partial charge in [-0.1, -0.05) is 17.7 Å². The summed E-state index contributed by atoms with van der Waals surface area (Å²) in [6, 6.07) is 5.60. The van der Waals surface area contributed by atoms with Gasteiger partial charge in [0.05, 0.1) is 0 Å². The van der Waals surface area contributed by atoms with Gasteiger partial charge in [0.1, 0.15) is 11.2 Å². The zero-order valence-electron chi connectivity index (χ0n) is 16.8. The Morgan fingerprint density at radius 1 is 1.30 bits per heavy atom. The van der Waals surface area contributed by atoms with Crippen LogP contribution in [0.4, 0.5) is 4.39 Å². The summed E-state index contributed by atoms with van der Waals surface area (Å²) in [6.45, 7) is 1.20. The summed E-state index contributed by atoms with van der Waals surface area (Å²) in [5, 5.41) is 7.48. The number of fused-ring (bicyclic) bond motifs is 1. The number of amides is 1. The van der Waals surface area contributed by atoms with Crippen molar-refractivity contribution in [2.45, 2.75) is 50.7 Å². The average molecular weight is 426 g/mol. The van der Waals surface area contributed by atoms with Gasteiger partial charge in [-0.2, -0.15) is 0 Å². The molecule has 2 aliphatic heterocycles. The number of hydrogen-bond acceptors (Lipinski definition) is 3. The first-order valence-corrected chi connectivity index (χ1v) is 11.3. The van der Waals surface area contributed by atoms with E-state index >= 15 is 0 Å². The van der Waals surface area contributed by atoms with Crippen molar-refractivity contribution in [2.75, 3.05) is 6.54 Å². The molecule has 3 atom stereocenters. The topological polar surface area (TPSA) is 44.4 Å². The standard InChI is InChI=1S/C24H25ClFN3O/c25-17-7-14(8-18(26)11-17)13-27-22-12-24(22)5-6-29(23(24)30)19-3-4-20-16(9-19)10-21(28-20)15-1-2-15/h3,7-9,11-12,15,20-21,27-28H,1-2,4-6,10,13H2. The Morgan fingerprint density at radius 3 is 2.97 bits per heavy atom. The van der Waals surface area contributed by atoms with Gasteiger partial charge < -0.3 is 15.5 Å². The molecular formula is C24H25ClFN3O. The number of nitrogens with zero attached hydrogens (tertiary/aromatic N) is 1. The Hall–Kier alpha value is -2.11. The highest BCUT2D eigenvalue weighted by Crippen LogP contribution is 2.52. The molecule has 4 nitrogen and oxygen atoms in total. The summed E-state index contributed by atoms with van der Waals surface area (Å²) in [6.07, 6.45) is 12.1. The van der Waals surface area contributed by atoms with Crippen LogP contribution in [0.1, 0.15) is 37.7 Å². The third kappa shape index (κ3) is 3.10. The van der Waals surface area contributed by atoms with Gasteiger partial charge in [-0.25, -0.2) is 4.39 Å². The highest BCUT2D eigenvalue weighted by atomic mass is 35.5. The van der Waals surface area contributed by atoms with E-state index in [0.29, 0.717) is 23.7 Å². The van der Waals surface area contributed by atoms with Gasteiger partial charge in [-0.15, -0.1) is 0 Å². The highest BCUT2D eigenvalue weighted by Gasteiger charge is 2.57. The maximum atomic E-state index is 13.5. The number of hydrogen-bond donors (Lipinski definition) is 2. The van der Waals surface area contributed by atoms with Crippen LogP contribution < -0.4 is 10.6 Å². The van der Waals surface area contributed by atoms with E-state index in [-0.39, 0.29) is 11.7 Å². The third-order valence-electron chi connectivity index (χ3n) is 7.27. The molecule has 2 saturated heterocycles. The fourth-order valence-corrected chi connectivity index (χ4v) is 5.62. The van der Waals surface area contributed by atoms with Crippen molar-refractivity contribution in [1.82, 2.24) is 15.5 Å².